The lowest BCUT2D eigenvalue weighted by atomic mass is 10.1. The molecule has 0 aliphatic carbocycles. The zero-order valence-electron chi connectivity index (χ0n) is 10.4. The lowest BCUT2D eigenvalue weighted by Crippen LogP contribution is -2.18. The summed E-state index contributed by atoms with van der Waals surface area (Å²) in [5.74, 6) is -0.324. The van der Waals surface area contributed by atoms with Gasteiger partial charge in [-0.05, 0) is 30.2 Å². The molecule has 0 bridgehead atoms. The Bertz CT molecular complexity index is 623. The molecule has 96 valence electrons. The average Bonchev–Trinajstić information content (AvgIpc) is 2.41. The van der Waals surface area contributed by atoms with E-state index in [9.17, 15) is 4.79 Å². The molecule has 0 saturated heterocycles. The summed E-state index contributed by atoms with van der Waals surface area (Å²) in [4.78, 5) is 11.8. The zero-order chi connectivity index (χ0) is 13.7. The summed E-state index contributed by atoms with van der Waals surface area (Å²) in [5, 5.41) is 4.35. The molecule has 0 spiro atoms. The molecule has 0 saturated carbocycles. The third-order valence-electron chi connectivity index (χ3n) is 2.68. The van der Waals surface area contributed by atoms with Gasteiger partial charge in [0.25, 0.3) is 5.91 Å². The molecule has 1 N–H and O–H groups in total. The molecule has 0 atom stereocenters. The summed E-state index contributed by atoms with van der Waals surface area (Å²) in [6.07, 6.45) is 1.62. The summed E-state index contributed by atoms with van der Waals surface area (Å²) in [6, 6.07) is 14.6. The molecule has 0 radical (unpaired) electrons. The third-order valence-corrected chi connectivity index (χ3v) is 3.01. The van der Waals surface area contributed by atoms with Gasteiger partial charge in [0, 0.05) is 0 Å². The van der Waals surface area contributed by atoms with Crippen molar-refractivity contribution >= 4 is 23.7 Å². The van der Waals surface area contributed by atoms with Crippen LogP contribution in [0, 0.1) is 6.92 Å². The Morgan fingerprint density at radius 3 is 2.58 bits per heavy atom. The molecule has 3 nitrogen and oxygen atoms in total. The van der Waals surface area contributed by atoms with E-state index in [1.165, 1.54) is 0 Å². The van der Waals surface area contributed by atoms with E-state index in [1.54, 1.807) is 30.5 Å². The van der Waals surface area contributed by atoms with Gasteiger partial charge >= 0.3 is 0 Å². The van der Waals surface area contributed by atoms with Crippen LogP contribution >= 0.6 is 11.6 Å². The number of nitrogens with one attached hydrogen (secondary N) is 1. The highest BCUT2D eigenvalue weighted by Crippen LogP contribution is 2.14. The van der Waals surface area contributed by atoms with Gasteiger partial charge in [-0.15, -0.1) is 0 Å². The first-order valence-corrected chi connectivity index (χ1v) is 6.20. The highest BCUT2D eigenvalue weighted by Gasteiger charge is 2.07. The molecule has 4 heteroatoms. The predicted octanol–water partition coefficient (Wildman–Crippen LogP) is 3.41. The fourth-order valence-corrected chi connectivity index (χ4v) is 1.82. The largest absolute Gasteiger partial charge is 0.272 e. The van der Waals surface area contributed by atoms with Crippen LogP contribution in [-0.2, 0) is 0 Å². The number of hydrazone groups is 1. The fraction of sp³-hybridized carbons (Fsp3) is 0.0667. The first-order valence-electron chi connectivity index (χ1n) is 5.82. The molecule has 0 aromatic heterocycles. The lowest BCUT2D eigenvalue weighted by Gasteiger charge is -2.02. The maximum Gasteiger partial charge on any atom is 0.272 e. The van der Waals surface area contributed by atoms with Crippen LogP contribution in [0.3, 0.4) is 0 Å². The Morgan fingerprint density at radius 2 is 1.84 bits per heavy atom. The molecule has 2 aromatic rings. The minimum atomic E-state index is -0.324. The molecule has 0 fully saturated rings. The van der Waals surface area contributed by atoms with Crippen LogP contribution in [0.2, 0.25) is 5.02 Å². The van der Waals surface area contributed by atoms with E-state index in [0.29, 0.717) is 10.6 Å². The average molecular weight is 273 g/mol. The molecule has 1 amide bonds. The summed E-state index contributed by atoms with van der Waals surface area (Å²) in [7, 11) is 0. The van der Waals surface area contributed by atoms with Crippen molar-refractivity contribution < 1.29 is 4.79 Å². The molecule has 0 aliphatic heterocycles. The highest BCUT2D eigenvalue weighted by atomic mass is 35.5. The summed E-state index contributed by atoms with van der Waals surface area (Å²) in [6.45, 7) is 1.98. The van der Waals surface area contributed by atoms with Crippen molar-refractivity contribution in [3.05, 3.63) is 70.2 Å². The number of carbonyl (C=O) groups is 1. The number of amides is 1. The first-order chi connectivity index (χ1) is 9.18. The Labute approximate surface area is 116 Å². The number of hydrogen-bond acceptors (Lipinski definition) is 2. The van der Waals surface area contributed by atoms with Crippen molar-refractivity contribution in [2.45, 2.75) is 6.92 Å². The van der Waals surface area contributed by atoms with Gasteiger partial charge in [-0.1, -0.05) is 48.0 Å². The second-order valence-electron chi connectivity index (χ2n) is 4.04. The van der Waals surface area contributed by atoms with Gasteiger partial charge in [-0.2, -0.15) is 5.10 Å². The van der Waals surface area contributed by atoms with E-state index in [0.717, 1.165) is 11.1 Å². The summed E-state index contributed by atoms with van der Waals surface area (Å²) in [5.41, 5.74) is 4.93. The van der Waals surface area contributed by atoms with E-state index < -0.39 is 0 Å². The van der Waals surface area contributed by atoms with E-state index >= 15 is 0 Å². The van der Waals surface area contributed by atoms with E-state index in [2.05, 4.69) is 10.5 Å². The standard InChI is InChI=1S/C15H13ClN2O/c1-11-6-2-3-7-12(11)10-17-18-15(19)13-8-4-5-9-14(13)16/h2-10H,1H3,(H,18,19)/b17-10-. The smallest absolute Gasteiger partial charge is 0.267 e. The Hall–Kier alpha value is -2.13. The van der Waals surface area contributed by atoms with Crippen LogP contribution in [0.1, 0.15) is 21.5 Å². The van der Waals surface area contributed by atoms with Crippen molar-refractivity contribution in [3.8, 4) is 0 Å². The molecule has 2 rings (SSSR count). The number of nitrogens with zero attached hydrogens (tertiary/aromatic N) is 1. The highest BCUT2D eigenvalue weighted by molar-refractivity contribution is 6.33. The van der Waals surface area contributed by atoms with Crippen LogP contribution in [0.4, 0.5) is 0 Å². The second-order valence-corrected chi connectivity index (χ2v) is 4.44. The molecular formula is C15H13ClN2O. The number of rotatable bonds is 3. The Balaban J connectivity index is 2.06. The van der Waals surface area contributed by atoms with Crippen LogP contribution in [-0.4, -0.2) is 12.1 Å². The molecule has 0 aliphatic rings. The normalized spacial score (nSPS) is 10.6. The monoisotopic (exact) mass is 272 g/mol. The lowest BCUT2D eigenvalue weighted by molar-refractivity contribution is 0.0955. The van der Waals surface area contributed by atoms with Crippen molar-refractivity contribution in [3.63, 3.8) is 0 Å². The van der Waals surface area contributed by atoms with Gasteiger partial charge < -0.3 is 0 Å². The fourth-order valence-electron chi connectivity index (χ4n) is 1.60. The first kappa shape index (κ1) is 13.3. The second kappa shape index (κ2) is 6.16. The molecule has 0 unspecified atom stereocenters. The van der Waals surface area contributed by atoms with Crippen LogP contribution in [0.5, 0.6) is 0 Å². The number of aryl methyl sites for hydroxylation is 1. The van der Waals surface area contributed by atoms with Gasteiger partial charge in [-0.25, -0.2) is 5.43 Å². The molecule has 2 aromatic carbocycles. The van der Waals surface area contributed by atoms with Crippen molar-refractivity contribution in [2.24, 2.45) is 5.10 Å². The maximum atomic E-state index is 11.8. The molecule has 19 heavy (non-hydrogen) atoms. The number of carbonyl (C=O) groups excluding carboxylic acids is 1. The van der Waals surface area contributed by atoms with Gasteiger partial charge in [0.15, 0.2) is 0 Å². The van der Waals surface area contributed by atoms with Crippen molar-refractivity contribution in [1.82, 2.24) is 5.43 Å². The topological polar surface area (TPSA) is 41.5 Å². The van der Waals surface area contributed by atoms with Crippen LogP contribution < -0.4 is 5.43 Å². The summed E-state index contributed by atoms with van der Waals surface area (Å²) >= 11 is 5.93. The Morgan fingerprint density at radius 1 is 1.16 bits per heavy atom. The van der Waals surface area contributed by atoms with Crippen LogP contribution in [0.15, 0.2) is 53.6 Å². The van der Waals surface area contributed by atoms with E-state index in [4.69, 9.17) is 11.6 Å². The zero-order valence-corrected chi connectivity index (χ0v) is 11.2. The van der Waals surface area contributed by atoms with E-state index in [-0.39, 0.29) is 5.91 Å². The number of benzene rings is 2. The molecule has 0 heterocycles. The minimum Gasteiger partial charge on any atom is -0.267 e. The van der Waals surface area contributed by atoms with Crippen molar-refractivity contribution in [2.75, 3.05) is 0 Å². The number of halogens is 1. The number of hydrogen-bond donors (Lipinski definition) is 1. The van der Waals surface area contributed by atoms with Crippen molar-refractivity contribution in [1.29, 1.82) is 0 Å². The maximum absolute atomic E-state index is 11.8. The van der Waals surface area contributed by atoms with Gasteiger partial charge in [0.1, 0.15) is 0 Å². The van der Waals surface area contributed by atoms with E-state index in [1.807, 2.05) is 31.2 Å². The van der Waals surface area contributed by atoms with Gasteiger partial charge in [-0.3, -0.25) is 4.79 Å². The molecular weight excluding hydrogens is 260 g/mol. The van der Waals surface area contributed by atoms with Gasteiger partial charge in [0.2, 0.25) is 0 Å². The van der Waals surface area contributed by atoms with Crippen LogP contribution in [0.25, 0.3) is 0 Å². The third kappa shape index (κ3) is 3.42. The van der Waals surface area contributed by atoms with Gasteiger partial charge in [0.05, 0.1) is 16.8 Å². The minimum absolute atomic E-state index is 0.324. The summed E-state index contributed by atoms with van der Waals surface area (Å²) < 4.78 is 0. The quantitative estimate of drug-likeness (QED) is 0.675. The predicted molar refractivity (Wildman–Crippen MR) is 77.7 cm³/mol. The Kier molecular flexibility index (Phi) is 4.31. The SMILES string of the molecule is Cc1ccccc1/C=N\NC(=O)c1ccccc1Cl.